The number of carbonyl (C=O) groups excluding carboxylic acids is 1. The number of fused-ring (bicyclic) bond motifs is 1. The molecule has 0 amide bonds. The molecule has 6 nitrogen and oxygen atoms in total. The van der Waals surface area contributed by atoms with Crippen molar-refractivity contribution in [2.24, 2.45) is 0 Å². The number of benzene rings is 2. The highest BCUT2D eigenvalue weighted by Gasteiger charge is 2.24. The zero-order valence-corrected chi connectivity index (χ0v) is 18.6. The molecule has 1 aliphatic carbocycles. The van der Waals surface area contributed by atoms with Crippen LogP contribution in [0.15, 0.2) is 52.4 Å². The van der Waals surface area contributed by atoms with Crippen molar-refractivity contribution >= 4 is 28.4 Å². The van der Waals surface area contributed by atoms with E-state index in [2.05, 4.69) is 0 Å². The van der Waals surface area contributed by atoms with Gasteiger partial charge in [-0.15, -0.1) is 0 Å². The van der Waals surface area contributed by atoms with Crippen LogP contribution in [0.25, 0.3) is 10.9 Å². The fourth-order valence-corrected chi connectivity index (χ4v) is 5.13. The first-order valence-corrected chi connectivity index (χ1v) is 11.4. The van der Waals surface area contributed by atoms with Crippen LogP contribution in [0.4, 0.5) is 0 Å². The molecule has 31 heavy (non-hydrogen) atoms. The molecule has 3 aromatic rings. The Hall–Kier alpha value is -2.80. The van der Waals surface area contributed by atoms with Crippen molar-refractivity contribution in [3.63, 3.8) is 0 Å². The summed E-state index contributed by atoms with van der Waals surface area (Å²) in [6, 6.07) is 13.0. The molecule has 2 aromatic carbocycles. The average molecular weight is 439 g/mol. The largest absolute Gasteiger partial charge is 0.493 e. The average Bonchev–Trinajstić information content (AvgIpc) is 3.00. The highest BCUT2D eigenvalue weighted by molar-refractivity contribution is 8.00. The number of carbonyl (C=O) groups is 1. The van der Waals surface area contributed by atoms with Crippen LogP contribution in [-0.2, 0) is 11.3 Å². The van der Waals surface area contributed by atoms with E-state index in [0.717, 1.165) is 31.2 Å². The number of Topliss-reactive ketones (excluding diaryl/α,β-unsaturated/α-hetero) is 1. The summed E-state index contributed by atoms with van der Waals surface area (Å²) in [7, 11) is 3.18. The lowest BCUT2D eigenvalue weighted by molar-refractivity contribution is -0.118. The lowest BCUT2D eigenvalue weighted by atomic mass is 10.2. The first-order chi connectivity index (χ1) is 15.1. The van der Waals surface area contributed by atoms with Gasteiger partial charge < -0.3 is 9.47 Å². The van der Waals surface area contributed by atoms with Gasteiger partial charge in [-0.3, -0.25) is 14.2 Å². The summed E-state index contributed by atoms with van der Waals surface area (Å²) in [6.07, 6.45) is 4.47. The van der Waals surface area contributed by atoms with E-state index in [4.69, 9.17) is 14.5 Å². The molecule has 1 heterocycles. The molecule has 7 heteroatoms. The number of hydrogen-bond acceptors (Lipinski definition) is 6. The van der Waals surface area contributed by atoms with E-state index in [9.17, 15) is 9.59 Å². The van der Waals surface area contributed by atoms with Crippen LogP contribution >= 0.6 is 11.8 Å². The van der Waals surface area contributed by atoms with Gasteiger partial charge >= 0.3 is 0 Å². The second-order valence-corrected chi connectivity index (χ2v) is 8.83. The zero-order chi connectivity index (χ0) is 21.8. The Balaban J connectivity index is 1.77. The van der Waals surface area contributed by atoms with Gasteiger partial charge in [0.05, 0.1) is 36.9 Å². The van der Waals surface area contributed by atoms with Gasteiger partial charge in [0.25, 0.3) is 5.56 Å². The van der Waals surface area contributed by atoms with Gasteiger partial charge in [-0.05, 0) is 42.7 Å². The summed E-state index contributed by atoms with van der Waals surface area (Å²) >= 11 is 1.42. The highest BCUT2D eigenvalue weighted by atomic mass is 32.2. The summed E-state index contributed by atoms with van der Waals surface area (Å²) < 4.78 is 12.4. The number of ether oxygens (including phenoxy) is 2. The lowest BCUT2D eigenvalue weighted by Crippen LogP contribution is -2.26. The molecule has 1 aromatic heterocycles. The van der Waals surface area contributed by atoms with Gasteiger partial charge in [0.15, 0.2) is 16.7 Å². The minimum Gasteiger partial charge on any atom is -0.493 e. The van der Waals surface area contributed by atoms with E-state index in [1.807, 2.05) is 36.4 Å². The molecule has 1 unspecified atom stereocenters. The molecule has 0 aliphatic heterocycles. The van der Waals surface area contributed by atoms with Crippen LogP contribution in [0, 0.1) is 0 Å². The van der Waals surface area contributed by atoms with Crippen molar-refractivity contribution in [2.75, 3.05) is 14.2 Å². The number of para-hydroxylation sites is 1. The highest BCUT2D eigenvalue weighted by Crippen LogP contribution is 2.32. The van der Waals surface area contributed by atoms with Crippen molar-refractivity contribution in [3.8, 4) is 11.5 Å². The number of thioether (sulfide) groups is 1. The summed E-state index contributed by atoms with van der Waals surface area (Å²) in [4.78, 5) is 30.8. The normalized spacial score (nSPS) is 16.8. The van der Waals surface area contributed by atoms with Crippen LogP contribution < -0.4 is 15.0 Å². The predicted molar refractivity (Wildman–Crippen MR) is 122 cm³/mol. The number of methoxy groups -OCH3 is 2. The van der Waals surface area contributed by atoms with Crippen LogP contribution in [0.2, 0.25) is 0 Å². The van der Waals surface area contributed by atoms with E-state index in [1.165, 1.54) is 11.8 Å². The summed E-state index contributed by atoms with van der Waals surface area (Å²) in [5.74, 6) is 1.49. The van der Waals surface area contributed by atoms with E-state index in [0.29, 0.717) is 40.5 Å². The molecular formula is C24H26N2O4S. The number of nitrogens with zero attached hydrogens (tertiary/aromatic N) is 2. The van der Waals surface area contributed by atoms with Crippen LogP contribution in [-0.4, -0.2) is 34.8 Å². The van der Waals surface area contributed by atoms with E-state index < -0.39 is 0 Å². The van der Waals surface area contributed by atoms with Gasteiger partial charge in [-0.1, -0.05) is 42.8 Å². The first kappa shape index (κ1) is 21.4. The molecular weight excluding hydrogens is 412 g/mol. The summed E-state index contributed by atoms with van der Waals surface area (Å²) in [5, 5.41) is 0.991. The second kappa shape index (κ2) is 9.56. The van der Waals surface area contributed by atoms with Crippen molar-refractivity contribution in [3.05, 3.63) is 58.4 Å². The topological polar surface area (TPSA) is 70.4 Å². The van der Waals surface area contributed by atoms with Gasteiger partial charge in [0.2, 0.25) is 0 Å². The first-order valence-electron chi connectivity index (χ1n) is 10.5. The maximum atomic E-state index is 13.4. The molecule has 1 atom stereocenters. The SMILES string of the molecule is COc1ccc(Cn2c(SC3CCCCCC3=O)nc3ccccc3c2=O)cc1OC. The third-order valence-corrected chi connectivity index (χ3v) is 6.92. The van der Waals surface area contributed by atoms with E-state index >= 15 is 0 Å². The van der Waals surface area contributed by atoms with Crippen molar-refractivity contribution in [1.82, 2.24) is 9.55 Å². The molecule has 4 rings (SSSR count). The van der Waals surface area contributed by atoms with Gasteiger partial charge in [0, 0.05) is 6.42 Å². The monoisotopic (exact) mass is 438 g/mol. The Morgan fingerprint density at radius 2 is 1.84 bits per heavy atom. The Kier molecular flexibility index (Phi) is 6.61. The third kappa shape index (κ3) is 4.61. The minimum absolute atomic E-state index is 0.107. The smallest absolute Gasteiger partial charge is 0.262 e. The third-order valence-electron chi connectivity index (χ3n) is 5.61. The van der Waals surface area contributed by atoms with E-state index in [1.54, 1.807) is 24.9 Å². The molecule has 162 valence electrons. The van der Waals surface area contributed by atoms with Crippen LogP contribution in [0.1, 0.15) is 37.7 Å². The molecule has 0 N–H and O–H groups in total. The number of ketones is 1. The fourth-order valence-electron chi connectivity index (χ4n) is 3.92. The maximum absolute atomic E-state index is 13.4. The molecule has 1 aliphatic rings. The summed E-state index contributed by atoms with van der Waals surface area (Å²) in [5.41, 5.74) is 1.44. The van der Waals surface area contributed by atoms with Crippen molar-refractivity contribution in [1.29, 1.82) is 0 Å². The van der Waals surface area contributed by atoms with Crippen LogP contribution in [0.5, 0.6) is 11.5 Å². The van der Waals surface area contributed by atoms with Gasteiger partial charge in [-0.2, -0.15) is 0 Å². The standard InChI is InChI=1S/C24H26N2O4S/c1-29-20-13-12-16(14-21(20)30-2)15-26-23(28)17-8-6-7-9-18(17)25-24(26)31-22-11-5-3-4-10-19(22)27/h6-9,12-14,22H,3-5,10-11,15H2,1-2H3. The Morgan fingerprint density at radius 3 is 2.65 bits per heavy atom. The van der Waals surface area contributed by atoms with E-state index in [-0.39, 0.29) is 16.6 Å². The quantitative estimate of drug-likeness (QED) is 0.418. The van der Waals surface area contributed by atoms with Crippen LogP contribution in [0.3, 0.4) is 0 Å². The second-order valence-electron chi connectivity index (χ2n) is 7.66. The maximum Gasteiger partial charge on any atom is 0.262 e. The lowest BCUT2D eigenvalue weighted by Gasteiger charge is -2.18. The van der Waals surface area contributed by atoms with Gasteiger partial charge in [0.1, 0.15) is 5.78 Å². The Labute approximate surface area is 185 Å². The summed E-state index contributed by atoms with van der Waals surface area (Å²) in [6.45, 7) is 0.334. The Bertz CT molecular complexity index is 1160. The number of hydrogen-bond donors (Lipinski definition) is 0. The van der Waals surface area contributed by atoms with Gasteiger partial charge in [-0.25, -0.2) is 4.98 Å². The molecule has 0 bridgehead atoms. The Morgan fingerprint density at radius 1 is 1.03 bits per heavy atom. The zero-order valence-electron chi connectivity index (χ0n) is 17.8. The molecule has 0 saturated heterocycles. The fraction of sp³-hybridized carbons (Fsp3) is 0.375. The number of aromatic nitrogens is 2. The number of rotatable bonds is 6. The molecule has 1 saturated carbocycles. The molecule has 0 radical (unpaired) electrons. The molecule has 1 fully saturated rings. The minimum atomic E-state index is -0.160. The predicted octanol–water partition coefficient (Wildman–Crippen LogP) is 4.46. The molecule has 0 spiro atoms. The van der Waals surface area contributed by atoms with Crippen molar-refractivity contribution < 1.29 is 14.3 Å². The van der Waals surface area contributed by atoms with Crippen molar-refractivity contribution in [2.45, 2.75) is 49.1 Å².